The van der Waals surface area contributed by atoms with Crippen LogP contribution in [0.25, 0.3) is 0 Å². The maximum absolute atomic E-state index is 12.3. The highest BCUT2D eigenvalue weighted by Gasteiger charge is 2.18. The molecular formula is C13H21N3O. The summed E-state index contributed by atoms with van der Waals surface area (Å²) in [5, 5.41) is 3.07. The lowest BCUT2D eigenvalue weighted by Crippen LogP contribution is -2.35. The van der Waals surface area contributed by atoms with Gasteiger partial charge in [-0.25, -0.2) is 0 Å². The average molecular weight is 235 g/mol. The quantitative estimate of drug-likeness (QED) is 0.832. The van der Waals surface area contributed by atoms with Crippen LogP contribution in [0.3, 0.4) is 0 Å². The minimum Gasteiger partial charge on any atom is -0.315 e. The summed E-state index contributed by atoms with van der Waals surface area (Å²) in [5.74, 6) is 0. The topological polar surface area (TPSA) is 37.3 Å². The lowest BCUT2D eigenvalue weighted by atomic mass is 10.0. The molecule has 0 aromatic carbocycles. The van der Waals surface area contributed by atoms with Crippen molar-refractivity contribution in [2.75, 3.05) is 20.6 Å². The molecule has 94 valence electrons. The maximum atomic E-state index is 12.3. The number of hydrogen-bond donors (Lipinski definition) is 1. The van der Waals surface area contributed by atoms with E-state index in [1.54, 1.807) is 0 Å². The molecule has 0 unspecified atom stereocenters. The van der Waals surface area contributed by atoms with Gasteiger partial charge >= 0.3 is 0 Å². The molecule has 0 saturated heterocycles. The molecule has 2 rings (SSSR count). The molecule has 4 heteroatoms. The zero-order chi connectivity index (χ0) is 12.4. The van der Waals surface area contributed by atoms with E-state index in [1.807, 2.05) is 18.5 Å². The largest absolute Gasteiger partial charge is 0.315 e. The van der Waals surface area contributed by atoms with Gasteiger partial charge in [-0.3, -0.25) is 4.79 Å². The van der Waals surface area contributed by atoms with Gasteiger partial charge in [-0.2, -0.15) is 0 Å². The molecule has 1 aromatic rings. The summed E-state index contributed by atoms with van der Waals surface area (Å²) in [4.78, 5) is 14.6. The Morgan fingerprint density at radius 2 is 2.24 bits per heavy atom. The van der Waals surface area contributed by atoms with E-state index in [4.69, 9.17) is 0 Å². The van der Waals surface area contributed by atoms with E-state index in [2.05, 4.69) is 23.3 Å². The number of nitrogens with zero attached hydrogens (tertiary/aromatic N) is 2. The number of rotatable bonds is 3. The van der Waals surface area contributed by atoms with Gasteiger partial charge < -0.3 is 14.8 Å². The molecule has 1 N–H and O–H groups in total. The number of aromatic nitrogens is 1. The van der Waals surface area contributed by atoms with Crippen LogP contribution in [0.4, 0.5) is 0 Å². The fraction of sp³-hybridized carbons (Fsp3) is 0.615. The zero-order valence-electron chi connectivity index (χ0n) is 10.9. The van der Waals surface area contributed by atoms with E-state index < -0.39 is 0 Å². The molecule has 0 amide bonds. The van der Waals surface area contributed by atoms with Crippen LogP contribution < -0.4 is 10.9 Å². The van der Waals surface area contributed by atoms with E-state index in [-0.39, 0.29) is 5.56 Å². The van der Waals surface area contributed by atoms with Crippen molar-refractivity contribution in [1.82, 2.24) is 14.8 Å². The Morgan fingerprint density at radius 1 is 1.47 bits per heavy atom. The second kappa shape index (κ2) is 5.02. The van der Waals surface area contributed by atoms with Crippen molar-refractivity contribution in [2.45, 2.75) is 33.0 Å². The molecule has 1 aliphatic rings. The fourth-order valence-electron chi connectivity index (χ4n) is 2.58. The van der Waals surface area contributed by atoms with Gasteiger partial charge in [-0.15, -0.1) is 0 Å². The number of nitrogens with one attached hydrogen (secondary N) is 1. The summed E-state index contributed by atoms with van der Waals surface area (Å²) < 4.78 is 1.94. The van der Waals surface area contributed by atoms with Crippen LogP contribution >= 0.6 is 0 Å². The van der Waals surface area contributed by atoms with Crippen LogP contribution in [-0.2, 0) is 26.1 Å². The number of pyridine rings is 1. The fourth-order valence-corrected chi connectivity index (χ4v) is 2.58. The van der Waals surface area contributed by atoms with Crippen LogP contribution in [0.2, 0.25) is 0 Å². The maximum Gasteiger partial charge on any atom is 0.255 e. The van der Waals surface area contributed by atoms with Crippen LogP contribution in [0.15, 0.2) is 10.9 Å². The molecule has 0 radical (unpaired) electrons. The Kier molecular flexibility index (Phi) is 3.64. The molecule has 2 heterocycles. The number of likely N-dealkylation sites (N-methyl/N-ethyl adjacent to an activating group) is 1. The van der Waals surface area contributed by atoms with E-state index >= 15 is 0 Å². The van der Waals surface area contributed by atoms with Crippen molar-refractivity contribution in [3.8, 4) is 0 Å². The second-order valence-corrected chi connectivity index (χ2v) is 4.71. The normalized spacial score (nSPS) is 15.9. The Balaban J connectivity index is 2.53. The summed E-state index contributed by atoms with van der Waals surface area (Å²) in [6, 6.07) is 2.08. The van der Waals surface area contributed by atoms with Crippen molar-refractivity contribution in [2.24, 2.45) is 0 Å². The predicted octanol–water partition coefficient (Wildman–Crippen LogP) is 0.575. The molecule has 0 fully saturated rings. The SMILES string of the molecule is CCn1c2c(cc(CNC)c1=O)CN(C)CC2. The second-order valence-electron chi connectivity index (χ2n) is 4.71. The summed E-state index contributed by atoms with van der Waals surface area (Å²) in [6.45, 7) is 5.45. The van der Waals surface area contributed by atoms with E-state index in [9.17, 15) is 4.79 Å². The predicted molar refractivity (Wildman–Crippen MR) is 69.2 cm³/mol. The van der Waals surface area contributed by atoms with Gasteiger partial charge in [0.15, 0.2) is 0 Å². The summed E-state index contributed by atoms with van der Waals surface area (Å²) >= 11 is 0. The first-order valence-corrected chi connectivity index (χ1v) is 6.25. The number of hydrogen-bond acceptors (Lipinski definition) is 3. The van der Waals surface area contributed by atoms with Gasteiger partial charge in [0, 0.05) is 43.9 Å². The van der Waals surface area contributed by atoms with E-state index in [0.29, 0.717) is 6.54 Å². The lowest BCUT2D eigenvalue weighted by molar-refractivity contribution is 0.304. The molecule has 1 aliphatic heterocycles. The highest BCUT2D eigenvalue weighted by atomic mass is 16.1. The molecule has 0 atom stereocenters. The van der Waals surface area contributed by atoms with Gasteiger partial charge in [-0.1, -0.05) is 0 Å². The summed E-state index contributed by atoms with van der Waals surface area (Å²) in [6.07, 6.45) is 0.981. The molecule has 0 saturated carbocycles. The van der Waals surface area contributed by atoms with Gasteiger partial charge in [0.05, 0.1) is 0 Å². The van der Waals surface area contributed by atoms with E-state index in [0.717, 1.165) is 31.6 Å². The Hall–Kier alpha value is -1.13. The average Bonchev–Trinajstić information content (AvgIpc) is 2.31. The molecule has 0 aliphatic carbocycles. The van der Waals surface area contributed by atoms with Crippen molar-refractivity contribution in [3.05, 3.63) is 33.2 Å². The third-order valence-electron chi connectivity index (χ3n) is 3.42. The monoisotopic (exact) mass is 235 g/mol. The first kappa shape index (κ1) is 12.3. The molecule has 4 nitrogen and oxygen atoms in total. The van der Waals surface area contributed by atoms with Gasteiger partial charge in [0.2, 0.25) is 0 Å². The summed E-state index contributed by atoms with van der Waals surface area (Å²) in [5.41, 5.74) is 3.59. The van der Waals surface area contributed by atoms with Crippen molar-refractivity contribution in [3.63, 3.8) is 0 Å². The van der Waals surface area contributed by atoms with Crippen LogP contribution in [-0.4, -0.2) is 30.1 Å². The standard InChI is InChI=1S/C13H21N3O/c1-4-16-12-5-6-15(3)9-11(12)7-10(8-14-2)13(16)17/h7,14H,4-6,8-9H2,1-3H3. The minimum atomic E-state index is 0.171. The van der Waals surface area contributed by atoms with Crippen molar-refractivity contribution < 1.29 is 0 Å². The zero-order valence-corrected chi connectivity index (χ0v) is 10.9. The van der Waals surface area contributed by atoms with Crippen molar-refractivity contribution in [1.29, 1.82) is 0 Å². The lowest BCUT2D eigenvalue weighted by Gasteiger charge is -2.28. The Morgan fingerprint density at radius 3 is 2.88 bits per heavy atom. The van der Waals surface area contributed by atoms with Crippen LogP contribution in [0.5, 0.6) is 0 Å². The molecular weight excluding hydrogens is 214 g/mol. The minimum absolute atomic E-state index is 0.171. The Labute approximate surface area is 102 Å². The molecule has 17 heavy (non-hydrogen) atoms. The van der Waals surface area contributed by atoms with Gasteiger partial charge in [-0.05, 0) is 32.6 Å². The van der Waals surface area contributed by atoms with Crippen LogP contribution in [0, 0.1) is 0 Å². The highest BCUT2D eigenvalue weighted by molar-refractivity contribution is 5.29. The molecule has 1 aromatic heterocycles. The summed E-state index contributed by atoms with van der Waals surface area (Å²) in [7, 11) is 4.00. The number of fused-ring (bicyclic) bond motifs is 1. The first-order chi connectivity index (χ1) is 8.17. The van der Waals surface area contributed by atoms with Gasteiger partial charge in [0.1, 0.15) is 0 Å². The molecule has 0 bridgehead atoms. The third kappa shape index (κ3) is 2.28. The van der Waals surface area contributed by atoms with Crippen LogP contribution in [0.1, 0.15) is 23.7 Å². The van der Waals surface area contributed by atoms with Crippen molar-refractivity contribution >= 4 is 0 Å². The highest BCUT2D eigenvalue weighted by Crippen LogP contribution is 2.17. The first-order valence-electron chi connectivity index (χ1n) is 6.25. The third-order valence-corrected chi connectivity index (χ3v) is 3.42. The van der Waals surface area contributed by atoms with Gasteiger partial charge in [0.25, 0.3) is 5.56 Å². The van der Waals surface area contributed by atoms with E-state index in [1.165, 1.54) is 11.3 Å². The smallest absolute Gasteiger partial charge is 0.255 e. The molecule has 0 spiro atoms. The Bertz CT molecular complexity index is 464.